The maximum Gasteiger partial charge on any atom is 0.178 e. The molecule has 0 saturated heterocycles. The van der Waals surface area contributed by atoms with Crippen LogP contribution in [-0.4, -0.2) is 37.7 Å². The van der Waals surface area contributed by atoms with Gasteiger partial charge in [0.1, 0.15) is 5.75 Å². The number of sulfone groups is 1. The number of nitrogens with zero attached hydrogens (tertiary/aromatic N) is 1. The molecule has 1 N–H and O–H groups in total. The number of aromatic amines is 1. The Labute approximate surface area is 199 Å². The zero-order valence-electron chi connectivity index (χ0n) is 17.9. The van der Waals surface area contributed by atoms with Crippen LogP contribution in [0.25, 0.3) is 11.3 Å². The van der Waals surface area contributed by atoms with Gasteiger partial charge in [0.05, 0.1) is 22.2 Å². The summed E-state index contributed by atoms with van der Waals surface area (Å²) in [5, 5.41) is 0. The first-order valence-electron chi connectivity index (χ1n) is 9.92. The number of benzene rings is 2. The fourth-order valence-corrected chi connectivity index (χ4v) is 5.08. The zero-order chi connectivity index (χ0) is 21.7. The van der Waals surface area contributed by atoms with Gasteiger partial charge in [-0.3, -0.25) is 4.90 Å². The van der Waals surface area contributed by atoms with Gasteiger partial charge in [0.15, 0.2) is 9.84 Å². The van der Waals surface area contributed by atoms with Crippen molar-refractivity contribution in [3.8, 4) is 17.0 Å². The summed E-state index contributed by atoms with van der Waals surface area (Å²) in [6, 6.07) is 17.7. The lowest BCUT2D eigenvalue weighted by molar-refractivity contribution is 0.268. The molecule has 0 bridgehead atoms. The van der Waals surface area contributed by atoms with E-state index in [0.29, 0.717) is 10.2 Å². The molecular formula is C23H28BrClN2O3S. The molecule has 0 aliphatic rings. The van der Waals surface area contributed by atoms with Crippen molar-refractivity contribution >= 4 is 38.2 Å². The summed E-state index contributed by atoms with van der Waals surface area (Å²) in [6.07, 6.45) is 0. The summed E-state index contributed by atoms with van der Waals surface area (Å²) in [7, 11) is -1.75. The summed E-state index contributed by atoms with van der Waals surface area (Å²) in [4.78, 5) is 6.07. The third kappa shape index (κ3) is 6.13. The van der Waals surface area contributed by atoms with Crippen LogP contribution in [0, 0.1) is 0 Å². The first-order valence-corrected chi connectivity index (χ1v) is 12.4. The molecule has 1 aromatic heterocycles. The van der Waals surface area contributed by atoms with E-state index >= 15 is 0 Å². The third-order valence-corrected chi connectivity index (χ3v) is 7.39. The summed E-state index contributed by atoms with van der Waals surface area (Å²) in [5.41, 5.74) is 3.88. The van der Waals surface area contributed by atoms with Crippen LogP contribution in [0.2, 0.25) is 0 Å². The van der Waals surface area contributed by atoms with E-state index in [1.54, 1.807) is 26.2 Å². The molecular weight excluding hydrogens is 500 g/mol. The van der Waals surface area contributed by atoms with Crippen LogP contribution in [0.15, 0.2) is 64.0 Å². The van der Waals surface area contributed by atoms with Crippen molar-refractivity contribution in [3.63, 3.8) is 0 Å². The molecule has 0 aliphatic heterocycles. The molecule has 5 nitrogen and oxygen atoms in total. The number of rotatable bonds is 9. The van der Waals surface area contributed by atoms with E-state index in [4.69, 9.17) is 4.74 Å². The van der Waals surface area contributed by atoms with Crippen molar-refractivity contribution in [1.29, 1.82) is 0 Å². The minimum absolute atomic E-state index is 0. The van der Waals surface area contributed by atoms with E-state index in [0.717, 1.165) is 36.6 Å². The SMILES string of the molecule is CCN(Cc1ccccc1)Cc1ccc(-c2cc(S(=O)(=O)CC)cc(Br)c2OC)[nH]1.Cl. The van der Waals surface area contributed by atoms with E-state index in [1.807, 2.05) is 18.2 Å². The van der Waals surface area contributed by atoms with Gasteiger partial charge in [-0.25, -0.2) is 8.42 Å². The van der Waals surface area contributed by atoms with E-state index in [1.165, 1.54) is 5.56 Å². The lowest BCUT2D eigenvalue weighted by atomic mass is 10.1. The number of aromatic nitrogens is 1. The molecule has 0 amide bonds. The Balaban J connectivity index is 0.00000341. The second-order valence-electron chi connectivity index (χ2n) is 7.08. The van der Waals surface area contributed by atoms with Crippen LogP contribution >= 0.6 is 28.3 Å². The minimum Gasteiger partial charge on any atom is -0.495 e. The van der Waals surface area contributed by atoms with Gasteiger partial charge in [0.25, 0.3) is 0 Å². The summed E-state index contributed by atoms with van der Waals surface area (Å²) in [6.45, 7) is 6.34. The molecule has 31 heavy (non-hydrogen) atoms. The summed E-state index contributed by atoms with van der Waals surface area (Å²) in [5.74, 6) is 0.654. The quantitative estimate of drug-likeness (QED) is 0.388. The lowest BCUT2D eigenvalue weighted by Crippen LogP contribution is -2.22. The van der Waals surface area contributed by atoms with Crippen molar-refractivity contribution in [2.24, 2.45) is 0 Å². The van der Waals surface area contributed by atoms with Gasteiger partial charge in [0, 0.05) is 30.0 Å². The van der Waals surface area contributed by atoms with Gasteiger partial charge >= 0.3 is 0 Å². The molecule has 0 fully saturated rings. The van der Waals surface area contributed by atoms with Gasteiger partial charge in [-0.2, -0.15) is 0 Å². The highest BCUT2D eigenvalue weighted by Crippen LogP contribution is 2.38. The molecule has 0 spiro atoms. The van der Waals surface area contributed by atoms with Crippen molar-refractivity contribution in [2.75, 3.05) is 19.4 Å². The third-order valence-electron chi connectivity index (χ3n) is 5.09. The molecule has 1 heterocycles. The second kappa shape index (κ2) is 11.2. The van der Waals surface area contributed by atoms with Crippen LogP contribution in [0.3, 0.4) is 0 Å². The Morgan fingerprint density at radius 1 is 1.03 bits per heavy atom. The number of ether oxygens (including phenoxy) is 1. The van der Waals surface area contributed by atoms with Crippen molar-refractivity contribution in [1.82, 2.24) is 9.88 Å². The molecule has 0 atom stereocenters. The predicted molar refractivity (Wildman–Crippen MR) is 132 cm³/mol. The van der Waals surface area contributed by atoms with Gasteiger partial charge in [-0.15, -0.1) is 12.4 Å². The number of halogens is 2. The maximum absolute atomic E-state index is 12.4. The normalized spacial score (nSPS) is 11.4. The Morgan fingerprint density at radius 2 is 1.74 bits per heavy atom. The van der Waals surface area contributed by atoms with E-state index in [2.05, 4.69) is 57.0 Å². The topological polar surface area (TPSA) is 62.4 Å². The van der Waals surface area contributed by atoms with Crippen molar-refractivity contribution < 1.29 is 13.2 Å². The van der Waals surface area contributed by atoms with Gasteiger partial charge in [-0.1, -0.05) is 44.2 Å². The van der Waals surface area contributed by atoms with E-state index < -0.39 is 9.84 Å². The van der Waals surface area contributed by atoms with Gasteiger partial charge in [-0.05, 0) is 52.3 Å². The number of H-pyrrole nitrogens is 1. The molecule has 3 aromatic rings. The van der Waals surface area contributed by atoms with Crippen LogP contribution in [0.5, 0.6) is 5.75 Å². The Hall–Kier alpha value is -1.80. The number of methoxy groups -OCH3 is 1. The molecule has 168 valence electrons. The van der Waals surface area contributed by atoms with E-state index in [9.17, 15) is 8.42 Å². The fraction of sp³-hybridized carbons (Fsp3) is 0.304. The van der Waals surface area contributed by atoms with Crippen LogP contribution in [0.1, 0.15) is 25.1 Å². The lowest BCUT2D eigenvalue weighted by Gasteiger charge is -2.20. The highest BCUT2D eigenvalue weighted by molar-refractivity contribution is 9.10. The first kappa shape index (κ1) is 25.5. The van der Waals surface area contributed by atoms with Gasteiger partial charge in [0.2, 0.25) is 0 Å². The number of hydrogen-bond donors (Lipinski definition) is 1. The standard InChI is InChI=1S/C23H27BrN2O3S.ClH/c1-4-26(15-17-9-7-6-8-10-17)16-18-11-12-22(25-18)20-13-19(30(27,28)5-2)14-21(24)23(20)29-3;/h6-14,25H,4-5,15-16H2,1-3H3;1H. The fourth-order valence-electron chi connectivity index (χ4n) is 3.37. The van der Waals surface area contributed by atoms with Crippen LogP contribution in [0.4, 0.5) is 0 Å². The molecule has 0 radical (unpaired) electrons. The molecule has 2 aromatic carbocycles. The maximum atomic E-state index is 12.4. The molecule has 3 rings (SSSR count). The minimum atomic E-state index is -3.33. The van der Waals surface area contributed by atoms with Crippen LogP contribution < -0.4 is 4.74 Å². The Morgan fingerprint density at radius 3 is 2.35 bits per heavy atom. The average molecular weight is 528 g/mol. The second-order valence-corrected chi connectivity index (χ2v) is 10.2. The van der Waals surface area contributed by atoms with Crippen molar-refractivity contribution in [3.05, 3.63) is 70.3 Å². The summed E-state index contributed by atoms with van der Waals surface area (Å²) < 4.78 is 31.0. The monoisotopic (exact) mass is 526 g/mol. The molecule has 8 heteroatoms. The Bertz CT molecular complexity index is 1100. The van der Waals surface area contributed by atoms with Gasteiger partial charge < -0.3 is 9.72 Å². The average Bonchev–Trinajstić information content (AvgIpc) is 3.21. The Kier molecular flexibility index (Phi) is 9.18. The first-order chi connectivity index (χ1) is 14.4. The van der Waals surface area contributed by atoms with Crippen LogP contribution in [-0.2, 0) is 22.9 Å². The van der Waals surface area contributed by atoms with E-state index in [-0.39, 0.29) is 23.1 Å². The smallest absolute Gasteiger partial charge is 0.178 e. The number of hydrogen-bond acceptors (Lipinski definition) is 4. The molecule has 0 unspecified atom stereocenters. The highest BCUT2D eigenvalue weighted by atomic mass is 79.9. The zero-order valence-corrected chi connectivity index (χ0v) is 21.1. The van der Waals surface area contributed by atoms with Crippen molar-refractivity contribution in [2.45, 2.75) is 31.8 Å². The molecule has 0 saturated carbocycles. The largest absolute Gasteiger partial charge is 0.495 e. The highest BCUT2D eigenvalue weighted by Gasteiger charge is 2.20. The number of nitrogens with one attached hydrogen (secondary N) is 1. The molecule has 0 aliphatic carbocycles. The summed E-state index contributed by atoms with van der Waals surface area (Å²) >= 11 is 3.46. The predicted octanol–water partition coefficient (Wildman–Crippen LogP) is 5.69.